The quantitative estimate of drug-likeness (QED) is 0.737. The van der Waals surface area contributed by atoms with Gasteiger partial charge >= 0.3 is 0 Å². The summed E-state index contributed by atoms with van der Waals surface area (Å²) in [5.74, 6) is 1.63. The number of nitrogens with zero attached hydrogens (tertiary/aromatic N) is 4. The van der Waals surface area contributed by atoms with Crippen LogP contribution in [0.25, 0.3) is 0 Å². The first kappa shape index (κ1) is 18.1. The van der Waals surface area contributed by atoms with Gasteiger partial charge in [-0.2, -0.15) is 4.98 Å². The zero-order valence-electron chi connectivity index (χ0n) is 14.8. The van der Waals surface area contributed by atoms with Crippen molar-refractivity contribution in [1.29, 1.82) is 0 Å². The van der Waals surface area contributed by atoms with Gasteiger partial charge < -0.3 is 10.2 Å². The molecule has 2 fully saturated rings. The van der Waals surface area contributed by atoms with Gasteiger partial charge in [-0.25, -0.2) is 9.37 Å². The zero-order chi connectivity index (χ0) is 18.8. The van der Waals surface area contributed by atoms with E-state index in [1.54, 1.807) is 12.4 Å². The van der Waals surface area contributed by atoms with Crippen LogP contribution in [0.4, 0.5) is 10.2 Å². The molecule has 1 saturated heterocycles. The summed E-state index contributed by atoms with van der Waals surface area (Å²) in [6.07, 6.45) is 6.78. The molecule has 8 heteroatoms. The molecule has 27 heavy (non-hydrogen) atoms. The van der Waals surface area contributed by atoms with E-state index in [0.29, 0.717) is 43.0 Å². The predicted molar refractivity (Wildman–Crippen MR) is 99.9 cm³/mol. The molecule has 2 aliphatic rings. The third kappa shape index (κ3) is 4.18. The summed E-state index contributed by atoms with van der Waals surface area (Å²) in [4.78, 5) is 25.6. The van der Waals surface area contributed by atoms with Crippen molar-refractivity contribution in [3.05, 3.63) is 47.4 Å². The maximum absolute atomic E-state index is 13.9. The second-order valence-electron chi connectivity index (χ2n) is 7.21. The Bertz CT molecular complexity index is 809. The van der Waals surface area contributed by atoms with Crippen LogP contribution in [0.2, 0.25) is 5.28 Å². The fraction of sp³-hybridized carbons (Fsp3) is 0.474. The van der Waals surface area contributed by atoms with Crippen LogP contribution in [-0.2, 0) is 11.2 Å². The van der Waals surface area contributed by atoms with E-state index in [0.717, 1.165) is 31.3 Å². The van der Waals surface area contributed by atoms with Gasteiger partial charge in [0.1, 0.15) is 0 Å². The van der Waals surface area contributed by atoms with Gasteiger partial charge in [-0.15, -0.1) is 0 Å². The number of hydrogen-bond acceptors (Lipinski definition) is 5. The summed E-state index contributed by atoms with van der Waals surface area (Å²) in [5, 5.41) is 3.07. The Morgan fingerprint density at radius 3 is 2.89 bits per heavy atom. The van der Waals surface area contributed by atoms with Gasteiger partial charge in [0, 0.05) is 38.4 Å². The van der Waals surface area contributed by atoms with Crippen LogP contribution in [0.1, 0.15) is 18.4 Å². The average Bonchev–Trinajstić information content (AvgIpc) is 3.12. The minimum absolute atomic E-state index is 0.0671. The van der Waals surface area contributed by atoms with Crippen LogP contribution >= 0.6 is 11.6 Å². The topological polar surface area (TPSA) is 71.0 Å². The van der Waals surface area contributed by atoms with Gasteiger partial charge in [-0.1, -0.05) is 6.07 Å². The molecule has 1 aliphatic heterocycles. The van der Waals surface area contributed by atoms with Crippen molar-refractivity contribution in [2.45, 2.75) is 19.3 Å². The Morgan fingerprint density at radius 1 is 1.33 bits per heavy atom. The SMILES string of the molecule is O=C(CCc1cccnc1)NCCC1C2CN(c3nc(Cl)ncc3F)CC12. The van der Waals surface area contributed by atoms with Crippen molar-refractivity contribution in [2.24, 2.45) is 17.8 Å². The van der Waals surface area contributed by atoms with Gasteiger partial charge in [0.25, 0.3) is 0 Å². The van der Waals surface area contributed by atoms with E-state index in [1.165, 1.54) is 0 Å². The van der Waals surface area contributed by atoms with E-state index in [2.05, 4.69) is 20.3 Å². The highest BCUT2D eigenvalue weighted by molar-refractivity contribution is 6.28. The number of fused-ring (bicyclic) bond motifs is 1. The molecular formula is C19H21ClFN5O. The lowest BCUT2D eigenvalue weighted by Gasteiger charge is -2.21. The molecule has 0 radical (unpaired) electrons. The van der Waals surface area contributed by atoms with Crippen molar-refractivity contribution >= 4 is 23.3 Å². The third-order valence-corrected chi connectivity index (χ3v) is 5.71. The smallest absolute Gasteiger partial charge is 0.224 e. The summed E-state index contributed by atoms with van der Waals surface area (Å²) in [6.45, 7) is 2.26. The van der Waals surface area contributed by atoms with E-state index >= 15 is 0 Å². The number of piperidine rings is 1. The zero-order valence-corrected chi connectivity index (χ0v) is 15.6. The summed E-state index contributed by atoms with van der Waals surface area (Å²) in [6, 6.07) is 3.86. The first-order chi connectivity index (χ1) is 13.1. The molecule has 0 bridgehead atoms. The lowest BCUT2D eigenvalue weighted by molar-refractivity contribution is -0.121. The Hall–Kier alpha value is -2.28. The van der Waals surface area contributed by atoms with Crippen LogP contribution in [0, 0.1) is 23.6 Å². The van der Waals surface area contributed by atoms with Crippen LogP contribution in [-0.4, -0.2) is 40.5 Å². The molecule has 1 amide bonds. The lowest BCUT2D eigenvalue weighted by atomic mass is 10.1. The van der Waals surface area contributed by atoms with Crippen LogP contribution in [0.5, 0.6) is 0 Å². The van der Waals surface area contributed by atoms with Gasteiger partial charge in [-0.3, -0.25) is 9.78 Å². The Morgan fingerprint density at radius 2 is 2.15 bits per heavy atom. The van der Waals surface area contributed by atoms with Crippen molar-refractivity contribution in [3.8, 4) is 0 Å². The normalized spacial score (nSPS) is 23.2. The number of amides is 1. The maximum Gasteiger partial charge on any atom is 0.224 e. The number of pyridine rings is 1. The van der Waals surface area contributed by atoms with Crippen LogP contribution in [0.15, 0.2) is 30.7 Å². The number of aryl methyl sites for hydroxylation is 1. The number of carbonyl (C=O) groups is 1. The van der Waals surface area contributed by atoms with E-state index in [1.807, 2.05) is 17.0 Å². The molecule has 1 saturated carbocycles. The van der Waals surface area contributed by atoms with Crippen molar-refractivity contribution in [2.75, 3.05) is 24.5 Å². The molecule has 2 atom stereocenters. The molecule has 142 valence electrons. The highest BCUT2D eigenvalue weighted by atomic mass is 35.5. The Balaban J connectivity index is 1.16. The van der Waals surface area contributed by atoms with Crippen LogP contribution in [0.3, 0.4) is 0 Å². The minimum Gasteiger partial charge on any atom is -0.356 e. The molecule has 0 aromatic carbocycles. The van der Waals surface area contributed by atoms with E-state index in [-0.39, 0.29) is 11.2 Å². The summed E-state index contributed by atoms with van der Waals surface area (Å²) in [5.41, 5.74) is 1.07. The third-order valence-electron chi connectivity index (χ3n) is 5.53. The number of nitrogens with one attached hydrogen (secondary N) is 1. The highest BCUT2D eigenvalue weighted by Crippen LogP contribution is 2.54. The second-order valence-corrected chi connectivity index (χ2v) is 7.55. The van der Waals surface area contributed by atoms with Crippen LogP contribution < -0.4 is 10.2 Å². The molecule has 3 heterocycles. The standard InChI is InChI=1S/C19H21ClFN5O/c20-19-24-9-16(21)18(25-19)26-10-14-13(15(14)11-26)5-7-23-17(27)4-3-12-2-1-6-22-8-12/h1-2,6,8-9,13-15H,3-5,7,10-11H2,(H,23,27). The monoisotopic (exact) mass is 389 g/mol. The first-order valence-corrected chi connectivity index (χ1v) is 9.58. The molecule has 2 aromatic rings. The van der Waals surface area contributed by atoms with Gasteiger partial charge in [-0.05, 0) is 53.8 Å². The molecule has 6 nitrogen and oxygen atoms in total. The highest BCUT2D eigenvalue weighted by Gasteiger charge is 2.55. The second kappa shape index (κ2) is 7.76. The number of rotatable bonds is 7. The molecular weight excluding hydrogens is 369 g/mol. The largest absolute Gasteiger partial charge is 0.356 e. The average molecular weight is 390 g/mol. The van der Waals surface area contributed by atoms with E-state index in [9.17, 15) is 9.18 Å². The fourth-order valence-electron chi connectivity index (χ4n) is 4.08. The summed E-state index contributed by atoms with van der Waals surface area (Å²) < 4.78 is 13.9. The number of hydrogen-bond donors (Lipinski definition) is 1. The Kier molecular flexibility index (Phi) is 5.20. The summed E-state index contributed by atoms with van der Waals surface area (Å²) >= 11 is 5.78. The van der Waals surface area contributed by atoms with Crippen molar-refractivity contribution < 1.29 is 9.18 Å². The maximum atomic E-state index is 13.9. The Labute approximate surface area is 162 Å². The summed E-state index contributed by atoms with van der Waals surface area (Å²) in [7, 11) is 0. The van der Waals surface area contributed by atoms with Crippen molar-refractivity contribution in [1.82, 2.24) is 20.3 Å². The van der Waals surface area contributed by atoms with Crippen molar-refractivity contribution in [3.63, 3.8) is 0 Å². The van der Waals surface area contributed by atoms with E-state index < -0.39 is 5.82 Å². The predicted octanol–water partition coefficient (Wildman–Crippen LogP) is 2.49. The molecule has 2 aromatic heterocycles. The molecule has 1 N–H and O–H groups in total. The van der Waals surface area contributed by atoms with Gasteiger partial charge in [0.15, 0.2) is 11.6 Å². The van der Waals surface area contributed by atoms with Gasteiger partial charge in [0.2, 0.25) is 11.2 Å². The molecule has 2 unspecified atom stereocenters. The minimum atomic E-state index is -0.432. The van der Waals surface area contributed by atoms with E-state index in [4.69, 9.17) is 11.6 Å². The number of anilines is 1. The molecule has 0 spiro atoms. The first-order valence-electron chi connectivity index (χ1n) is 9.20. The number of halogens is 2. The molecule has 4 rings (SSSR count). The molecule has 1 aliphatic carbocycles. The fourth-order valence-corrected chi connectivity index (χ4v) is 4.21. The lowest BCUT2D eigenvalue weighted by Crippen LogP contribution is -2.28. The van der Waals surface area contributed by atoms with Gasteiger partial charge in [0.05, 0.1) is 6.20 Å². The number of aromatic nitrogens is 3. The number of carbonyl (C=O) groups excluding carboxylic acids is 1.